The van der Waals surface area contributed by atoms with Gasteiger partial charge in [-0.15, -0.1) is 10.2 Å². The van der Waals surface area contributed by atoms with Crippen LogP contribution in [0.4, 0.5) is 4.39 Å². The Kier molecular flexibility index (Phi) is 6.83. The molecule has 3 aromatic rings. The van der Waals surface area contributed by atoms with E-state index in [0.29, 0.717) is 24.4 Å². The van der Waals surface area contributed by atoms with E-state index in [9.17, 15) is 9.18 Å². The molecule has 2 heterocycles. The smallest absolute Gasteiger partial charge is 0.246 e. The van der Waals surface area contributed by atoms with Crippen LogP contribution in [0.1, 0.15) is 11.1 Å². The van der Waals surface area contributed by atoms with E-state index in [1.165, 1.54) is 22.5 Å². The Bertz CT molecular complexity index is 1130. The van der Waals surface area contributed by atoms with Crippen molar-refractivity contribution in [2.24, 2.45) is 0 Å². The van der Waals surface area contributed by atoms with Crippen LogP contribution in [-0.2, 0) is 17.9 Å². The van der Waals surface area contributed by atoms with Crippen LogP contribution in [0.15, 0.2) is 36.4 Å². The maximum atomic E-state index is 13.4. The largest absolute Gasteiger partial charge is 0.493 e. The fourth-order valence-electron chi connectivity index (χ4n) is 3.86. The quantitative estimate of drug-likeness (QED) is 0.541. The first-order valence-electron chi connectivity index (χ1n) is 10.7. The van der Waals surface area contributed by atoms with Crippen LogP contribution < -0.4 is 9.47 Å². The molecule has 0 saturated carbocycles. The summed E-state index contributed by atoms with van der Waals surface area (Å²) in [5, 5.41) is 12.1. The monoisotopic (exact) mass is 454 g/mol. The summed E-state index contributed by atoms with van der Waals surface area (Å²) in [4.78, 5) is 18.1. The minimum atomic E-state index is -0.374. The van der Waals surface area contributed by atoms with E-state index in [2.05, 4.69) is 27.2 Å². The van der Waals surface area contributed by atoms with Crippen molar-refractivity contribution in [3.05, 3.63) is 53.3 Å². The Labute approximate surface area is 191 Å². The van der Waals surface area contributed by atoms with Crippen LogP contribution >= 0.6 is 0 Å². The number of hydrogen-bond acceptors (Lipinski definition) is 7. The Morgan fingerprint density at radius 2 is 1.79 bits per heavy atom. The van der Waals surface area contributed by atoms with Gasteiger partial charge >= 0.3 is 0 Å². The number of piperazine rings is 1. The molecule has 4 rings (SSSR count). The van der Waals surface area contributed by atoms with E-state index in [0.717, 1.165) is 30.9 Å². The summed E-state index contributed by atoms with van der Waals surface area (Å²) in [5.74, 6) is 1.28. The minimum absolute atomic E-state index is 0.00287. The number of tetrazole rings is 1. The topological polar surface area (TPSA) is 85.6 Å². The number of nitrogens with zero attached hydrogens (tertiary/aromatic N) is 6. The van der Waals surface area contributed by atoms with Gasteiger partial charge in [-0.1, -0.05) is 12.1 Å². The lowest BCUT2D eigenvalue weighted by atomic mass is 10.1. The van der Waals surface area contributed by atoms with Gasteiger partial charge in [0.15, 0.2) is 11.5 Å². The average molecular weight is 455 g/mol. The first-order valence-corrected chi connectivity index (χ1v) is 10.7. The van der Waals surface area contributed by atoms with Gasteiger partial charge < -0.3 is 14.4 Å². The number of aromatic nitrogens is 4. The van der Waals surface area contributed by atoms with Crippen LogP contribution in [-0.4, -0.2) is 76.3 Å². The molecular weight excluding hydrogens is 427 g/mol. The fourth-order valence-corrected chi connectivity index (χ4v) is 3.86. The molecule has 10 heteroatoms. The molecule has 0 spiro atoms. The van der Waals surface area contributed by atoms with E-state index < -0.39 is 0 Å². The van der Waals surface area contributed by atoms with E-state index in [-0.39, 0.29) is 24.1 Å². The number of halogens is 1. The zero-order valence-electron chi connectivity index (χ0n) is 19.0. The molecule has 0 atom stereocenters. The normalized spacial score (nSPS) is 14.4. The Balaban J connectivity index is 1.32. The third-order valence-electron chi connectivity index (χ3n) is 5.77. The summed E-state index contributed by atoms with van der Waals surface area (Å²) in [5.41, 5.74) is 2.83. The van der Waals surface area contributed by atoms with E-state index in [1.54, 1.807) is 26.4 Å². The number of hydrogen-bond donors (Lipinski definition) is 0. The van der Waals surface area contributed by atoms with E-state index >= 15 is 0 Å². The van der Waals surface area contributed by atoms with Crippen molar-refractivity contribution in [2.45, 2.75) is 20.0 Å². The predicted octanol–water partition coefficient (Wildman–Crippen LogP) is 2.15. The third-order valence-corrected chi connectivity index (χ3v) is 5.77. The van der Waals surface area contributed by atoms with Gasteiger partial charge in [-0.05, 0) is 47.5 Å². The predicted molar refractivity (Wildman–Crippen MR) is 119 cm³/mol. The van der Waals surface area contributed by atoms with Gasteiger partial charge in [-0.2, -0.15) is 4.80 Å². The summed E-state index contributed by atoms with van der Waals surface area (Å²) in [7, 11) is 3.26. The molecule has 1 saturated heterocycles. The summed E-state index contributed by atoms with van der Waals surface area (Å²) in [6.45, 7) is 5.60. The second kappa shape index (κ2) is 9.95. The maximum absolute atomic E-state index is 13.4. The van der Waals surface area contributed by atoms with Gasteiger partial charge in [0.25, 0.3) is 0 Å². The number of carbonyl (C=O) groups is 1. The SMILES string of the molecule is COc1cc(C)c(CN2CCN(C(=O)Cn3nnc(-c4cccc(F)c4)n3)CC2)cc1OC. The van der Waals surface area contributed by atoms with Crippen molar-refractivity contribution in [1.29, 1.82) is 0 Å². The highest BCUT2D eigenvalue weighted by Gasteiger charge is 2.23. The molecule has 0 aliphatic carbocycles. The summed E-state index contributed by atoms with van der Waals surface area (Å²) >= 11 is 0. The van der Waals surface area contributed by atoms with Crippen molar-refractivity contribution in [2.75, 3.05) is 40.4 Å². The highest BCUT2D eigenvalue weighted by molar-refractivity contribution is 5.76. The van der Waals surface area contributed by atoms with Crippen molar-refractivity contribution in [1.82, 2.24) is 30.0 Å². The number of ether oxygens (including phenoxy) is 2. The molecule has 2 aromatic carbocycles. The van der Waals surface area contributed by atoms with Gasteiger partial charge in [0.2, 0.25) is 11.7 Å². The summed E-state index contributed by atoms with van der Waals surface area (Å²) < 4.78 is 24.2. The molecule has 0 radical (unpaired) electrons. The molecule has 0 N–H and O–H groups in total. The Morgan fingerprint density at radius 1 is 1.06 bits per heavy atom. The average Bonchev–Trinajstić information content (AvgIpc) is 3.29. The minimum Gasteiger partial charge on any atom is -0.493 e. The van der Waals surface area contributed by atoms with Gasteiger partial charge in [0.1, 0.15) is 12.4 Å². The fraction of sp³-hybridized carbons (Fsp3) is 0.391. The highest BCUT2D eigenvalue weighted by Crippen LogP contribution is 2.31. The lowest BCUT2D eigenvalue weighted by Crippen LogP contribution is -2.49. The molecule has 1 amide bonds. The second-order valence-electron chi connectivity index (χ2n) is 7.94. The molecule has 9 nitrogen and oxygen atoms in total. The van der Waals surface area contributed by atoms with Crippen LogP contribution in [0, 0.1) is 12.7 Å². The molecule has 174 valence electrons. The van der Waals surface area contributed by atoms with Crippen molar-refractivity contribution in [3.63, 3.8) is 0 Å². The zero-order chi connectivity index (χ0) is 23.4. The number of aryl methyl sites for hydroxylation is 1. The first kappa shape index (κ1) is 22.7. The van der Waals surface area contributed by atoms with E-state index in [1.807, 2.05) is 17.0 Å². The third kappa shape index (κ3) is 5.28. The number of carbonyl (C=O) groups excluding carboxylic acids is 1. The second-order valence-corrected chi connectivity index (χ2v) is 7.94. The number of benzene rings is 2. The standard InChI is InChI=1S/C23H27FN6O3/c1-16-11-20(32-2)21(33-3)13-18(16)14-28-7-9-29(10-8-28)22(31)15-30-26-23(25-27-30)17-5-4-6-19(24)12-17/h4-6,11-13H,7-10,14-15H2,1-3H3. The van der Waals surface area contributed by atoms with Gasteiger partial charge in [0, 0.05) is 38.3 Å². The van der Waals surface area contributed by atoms with Crippen LogP contribution in [0.3, 0.4) is 0 Å². The van der Waals surface area contributed by atoms with Crippen molar-refractivity contribution >= 4 is 5.91 Å². The maximum Gasteiger partial charge on any atom is 0.246 e. The molecule has 0 bridgehead atoms. The summed E-state index contributed by atoms with van der Waals surface area (Å²) in [6, 6.07) is 9.96. The number of amides is 1. The van der Waals surface area contributed by atoms with Crippen molar-refractivity contribution in [3.8, 4) is 22.9 Å². The highest BCUT2D eigenvalue weighted by atomic mass is 19.1. The Hall–Kier alpha value is -3.53. The van der Waals surface area contributed by atoms with Crippen LogP contribution in [0.25, 0.3) is 11.4 Å². The van der Waals surface area contributed by atoms with E-state index in [4.69, 9.17) is 9.47 Å². The van der Waals surface area contributed by atoms with Gasteiger partial charge in [0.05, 0.1) is 14.2 Å². The van der Waals surface area contributed by atoms with Gasteiger partial charge in [-0.25, -0.2) is 4.39 Å². The first-order chi connectivity index (χ1) is 16.0. The molecular formula is C23H27FN6O3. The van der Waals surface area contributed by atoms with Crippen LogP contribution in [0.5, 0.6) is 11.5 Å². The Morgan fingerprint density at radius 3 is 2.48 bits per heavy atom. The molecule has 1 aliphatic rings. The zero-order valence-corrected chi connectivity index (χ0v) is 19.0. The molecule has 33 heavy (non-hydrogen) atoms. The van der Waals surface area contributed by atoms with Crippen molar-refractivity contribution < 1.29 is 18.7 Å². The lowest BCUT2D eigenvalue weighted by Gasteiger charge is -2.35. The molecule has 1 fully saturated rings. The molecule has 1 aromatic heterocycles. The van der Waals surface area contributed by atoms with Gasteiger partial charge in [-0.3, -0.25) is 9.69 Å². The number of rotatable bonds is 7. The lowest BCUT2D eigenvalue weighted by molar-refractivity contribution is -0.134. The number of methoxy groups -OCH3 is 2. The molecule has 1 aliphatic heterocycles. The van der Waals surface area contributed by atoms with Crippen LogP contribution in [0.2, 0.25) is 0 Å². The molecule has 0 unspecified atom stereocenters. The summed E-state index contributed by atoms with van der Waals surface area (Å²) in [6.07, 6.45) is 0.